The number of rotatable bonds is 8. The van der Waals surface area contributed by atoms with E-state index < -0.39 is 6.04 Å². The number of aromatic nitrogens is 3. The molecule has 5 rings (SSSR count). The molecule has 2 heterocycles. The Balaban J connectivity index is 1.69. The number of fused-ring (bicyclic) bond motifs is 1. The molecule has 1 atom stereocenters. The fourth-order valence-corrected chi connectivity index (χ4v) is 4.88. The highest BCUT2D eigenvalue weighted by molar-refractivity contribution is 6.30. The van der Waals surface area contributed by atoms with Gasteiger partial charge in [-0.1, -0.05) is 35.9 Å². The number of nitrogens with one attached hydrogen (secondary N) is 2. The first-order valence-electron chi connectivity index (χ1n) is 12.3. The number of amides is 1. The molecule has 206 valence electrons. The number of benzene rings is 3. The van der Waals surface area contributed by atoms with E-state index in [1.54, 1.807) is 69.5 Å². The maximum absolute atomic E-state index is 14.0. The summed E-state index contributed by atoms with van der Waals surface area (Å²) in [4.78, 5) is 18.7. The molecular formula is C29H28ClN5O5. The van der Waals surface area contributed by atoms with E-state index in [-0.39, 0.29) is 5.91 Å². The molecule has 0 fully saturated rings. The average Bonchev–Trinajstić information content (AvgIpc) is 3.39. The van der Waals surface area contributed by atoms with Gasteiger partial charge in [0.05, 0.1) is 39.7 Å². The lowest BCUT2D eigenvalue weighted by atomic mass is 9.93. The van der Waals surface area contributed by atoms with Crippen LogP contribution in [0.2, 0.25) is 5.02 Å². The van der Waals surface area contributed by atoms with Gasteiger partial charge in [-0.25, -0.2) is 4.68 Å². The van der Waals surface area contributed by atoms with Gasteiger partial charge in [0.2, 0.25) is 5.95 Å². The molecule has 0 bridgehead atoms. The second-order valence-electron chi connectivity index (χ2n) is 8.88. The van der Waals surface area contributed by atoms with E-state index in [0.717, 1.165) is 5.56 Å². The van der Waals surface area contributed by atoms with Crippen molar-refractivity contribution in [3.05, 3.63) is 82.5 Å². The lowest BCUT2D eigenvalue weighted by molar-refractivity contribution is -0.113. The van der Waals surface area contributed by atoms with Crippen molar-refractivity contribution in [1.29, 1.82) is 0 Å². The monoisotopic (exact) mass is 561 g/mol. The van der Waals surface area contributed by atoms with Gasteiger partial charge in [0.25, 0.3) is 5.91 Å². The standard InChI is InChI=1S/C29H28ClN5O5/c1-16-25(28(36)32-20-11-6-7-12-21(20)37-2)26(19-14-23(39-4)24(40-5)15-22(19)38-3)35-29(31-16)33-27(34-35)17-9-8-10-18(30)13-17/h6-15,26H,1-5H3,(H,32,36)(H,31,33,34). The molecule has 1 aromatic heterocycles. The second kappa shape index (κ2) is 11.2. The van der Waals surface area contributed by atoms with Crippen LogP contribution in [0.25, 0.3) is 11.4 Å². The summed E-state index contributed by atoms with van der Waals surface area (Å²) in [5.74, 6) is 2.49. The predicted octanol–water partition coefficient (Wildman–Crippen LogP) is 5.56. The lowest BCUT2D eigenvalue weighted by Gasteiger charge is -2.30. The summed E-state index contributed by atoms with van der Waals surface area (Å²) in [7, 11) is 6.19. The van der Waals surface area contributed by atoms with E-state index in [9.17, 15) is 4.79 Å². The van der Waals surface area contributed by atoms with Crippen LogP contribution in [0.1, 0.15) is 18.5 Å². The molecule has 0 aliphatic carbocycles. The number of nitrogens with zero attached hydrogens (tertiary/aromatic N) is 3. The van der Waals surface area contributed by atoms with E-state index in [1.165, 1.54) is 0 Å². The number of halogens is 1. The molecule has 40 heavy (non-hydrogen) atoms. The van der Waals surface area contributed by atoms with Gasteiger partial charge < -0.3 is 29.6 Å². The van der Waals surface area contributed by atoms with Crippen LogP contribution in [-0.2, 0) is 4.79 Å². The largest absolute Gasteiger partial charge is 0.496 e. The highest BCUT2D eigenvalue weighted by Crippen LogP contribution is 2.44. The van der Waals surface area contributed by atoms with Crippen LogP contribution in [0.3, 0.4) is 0 Å². The van der Waals surface area contributed by atoms with Crippen LogP contribution in [0.5, 0.6) is 23.0 Å². The van der Waals surface area contributed by atoms with Crippen LogP contribution in [-0.4, -0.2) is 49.1 Å². The quantitative estimate of drug-likeness (QED) is 0.288. The molecule has 1 amide bonds. The second-order valence-corrected chi connectivity index (χ2v) is 9.32. The van der Waals surface area contributed by atoms with Crippen LogP contribution >= 0.6 is 11.6 Å². The Labute approximate surface area is 236 Å². The van der Waals surface area contributed by atoms with Gasteiger partial charge >= 0.3 is 0 Å². The maximum Gasteiger partial charge on any atom is 0.255 e. The van der Waals surface area contributed by atoms with Gasteiger partial charge in [-0.15, -0.1) is 5.10 Å². The van der Waals surface area contributed by atoms with Crippen molar-refractivity contribution in [3.63, 3.8) is 0 Å². The maximum atomic E-state index is 14.0. The van der Waals surface area contributed by atoms with Gasteiger partial charge in [0.15, 0.2) is 17.3 Å². The van der Waals surface area contributed by atoms with E-state index in [0.29, 0.717) is 62.3 Å². The normalized spacial score (nSPS) is 14.2. The third-order valence-electron chi connectivity index (χ3n) is 6.57. The van der Waals surface area contributed by atoms with E-state index in [2.05, 4.69) is 10.6 Å². The van der Waals surface area contributed by atoms with Crippen molar-refractivity contribution in [1.82, 2.24) is 14.8 Å². The number of hydrogen-bond acceptors (Lipinski definition) is 8. The van der Waals surface area contributed by atoms with Crippen molar-refractivity contribution < 1.29 is 23.7 Å². The van der Waals surface area contributed by atoms with E-state index in [1.807, 2.05) is 31.2 Å². The first-order chi connectivity index (χ1) is 19.4. The zero-order valence-corrected chi connectivity index (χ0v) is 23.4. The molecular weight excluding hydrogens is 534 g/mol. The Morgan fingerprint density at radius 1 is 0.900 bits per heavy atom. The molecule has 0 saturated heterocycles. The number of anilines is 2. The summed E-state index contributed by atoms with van der Waals surface area (Å²) < 4.78 is 24.0. The summed E-state index contributed by atoms with van der Waals surface area (Å²) in [6.45, 7) is 1.81. The summed E-state index contributed by atoms with van der Waals surface area (Å²) in [6.07, 6.45) is 0. The van der Waals surface area contributed by atoms with Gasteiger partial charge in [-0.2, -0.15) is 4.98 Å². The van der Waals surface area contributed by atoms with Gasteiger partial charge in [-0.05, 0) is 37.3 Å². The zero-order valence-electron chi connectivity index (χ0n) is 22.6. The van der Waals surface area contributed by atoms with Crippen LogP contribution in [0, 0.1) is 0 Å². The molecule has 1 unspecified atom stereocenters. The number of carbonyl (C=O) groups is 1. The minimum absolute atomic E-state index is 0.359. The number of allylic oxidation sites excluding steroid dienone is 1. The molecule has 11 heteroatoms. The molecule has 0 saturated carbocycles. The summed E-state index contributed by atoms with van der Waals surface area (Å²) in [5, 5.41) is 11.6. The smallest absolute Gasteiger partial charge is 0.255 e. The molecule has 4 aromatic rings. The minimum atomic E-state index is -0.749. The van der Waals surface area contributed by atoms with E-state index in [4.69, 9.17) is 40.6 Å². The molecule has 0 spiro atoms. The molecule has 2 N–H and O–H groups in total. The fourth-order valence-electron chi connectivity index (χ4n) is 4.69. The SMILES string of the molecule is COc1ccccc1NC(=O)C1=C(C)Nc2nc(-c3cccc(Cl)c3)nn2C1c1cc(OC)c(OC)cc1OC. The fraction of sp³-hybridized carbons (Fsp3) is 0.207. The van der Waals surface area contributed by atoms with Gasteiger partial charge in [0.1, 0.15) is 17.5 Å². The van der Waals surface area contributed by atoms with Crippen LogP contribution in [0.15, 0.2) is 71.9 Å². The zero-order chi connectivity index (χ0) is 28.4. The third-order valence-corrected chi connectivity index (χ3v) is 6.80. The minimum Gasteiger partial charge on any atom is -0.496 e. The highest BCUT2D eigenvalue weighted by Gasteiger charge is 2.37. The summed E-state index contributed by atoms with van der Waals surface area (Å²) in [5.41, 5.74) is 2.86. The predicted molar refractivity (Wildman–Crippen MR) is 153 cm³/mol. The molecule has 1 aliphatic rings. The first-order valence-corrected chi connectivity index (χ1v) is 12.7. The average molecular weight is 562 g/mol. The molecule has 1 aliphatic heterocycles. The summed E-state index contributed by atoms with van der Waals surface area (Å²) in [6, 6.07) is 17.2. The van der Waals surface area contributed by atoms with Crippen LogP contribution < -0.4 is 29.6 Å². The number of methoxy groups -OCH3 is 4. The van der Waals surface area contributed by atoms with Gasteiger partial charge in [0, 0.05) is 27.9 Å². The molecule has 10 nitrogen and oxygen atoms in total. The van der Waals surface area contributed by atoms with E-state index >= 15 is 0 Å². The Morgan fingerprint density at radius 2 is 1.60 bits per heavy atom. The molecule has 0 radical (unpaired) electrons. The number of para-hydroxylation sites is 2. The Hall–Kier alpha value is -4.70. The Bertz CT molecular complexity index is 1620. The lowest BCUT2D eigenvalue weighted by Crippen LogP contribution is -2.32. The Kier molecular flexibility index (Phi) is 7.52. The number of carbonyl (C=O) groups excluding carboxylic acids is 1. The van der Waals surface area contributed by atoms with Crippen molar-refractivity contribution in [3.8, 4) is 34.4 Å². The first kappa shape index (κ1) is 26.9. The van der Waals surface area contributed by atoms with Crippen molar-refractivity contribution in [2.75, 3.05) is 39.1 Å². The van der Waals surface area contributed by atoms with Crippen molar-refractivity contribution in [2.45, 2.75) is 13.0 Å². The van der Waals surface area contributed by atoms with Crippen molar-refractivity contribution >= 4 is 29.1 Å². The Morgan fingerprint density at radius 3 is 2.30 bits per heavy atom. The molecule has 3 aromatic carbocycles. The van der Waals surface area contributed by atoms with Gasteiger partial charge in [-0.3, -0.25) is 4.79 Å². The number of hydrogen-bond donors (Lipinski definition) is 2. The topological polar surface area (TPSA) is 109 Å². The van der Waals surface area contributed by atoms with Crippen LogP contribution in [0.4, 0.5) is 11.6 Å². The highest BCUT2D eigenvalue weighted by atomic mass is 35.5. The third kappa shape index (κ3) is 4.89. The van der Waals surface area contributed by atoms with Crippen molar-refractivity contribution in [2.24, 2.45) is 0 Å². The summed E-state index contributed by atoms with van der Waals surface area (Å²) >= 11 is 6.25. The number of ether oxygens (including phenoxy) is 4.